The largest absolute Gasteiger partial charge is 0.389 e. The first-order valence-corrected chi connectivity index (χ1v) is 5.47. The zero-order valence-electron chi connectivity index (χ0n) is 6.81. The minimum Gasteiger partial charge on any atom is -0.389 e. The third-order valence-electron chi connectivity index (χ3n) is 1.03. The van der Waals surface area contributed by atoms with Crippen LogP contribution in [-0.4, -0.2) is 49.8 Å². The van der Waals surface area contributed by atoms with Crippen LogP contribution in [0.1, 0.15) is 0 Å². The number of hydrogen-bond acceptors (Lipinski definition) is 4. The van der Waals surface area contributed by atoms with E-state index in [4.69, 9.17) is 26.0 Å². The number of halogens is 1. The van der Waals surface area contributed by atoms with Crippen LogP contribution in [0.3, 0.4) is 0 Å². The Labute approximate surface area is 81.7 Å². The summed E-state index contributed by atoms with van der Waals surface area (Å²) in [6.45, 7) is -0.0408. The topological polar surface area (TPSA) is 95.9 Å². The maximum atomic E-state index is 10.1. The van der Waals surface area contributed by atoms with E-state index in [1.807, 2.05) is 0 Å². The lowest BCUT2D eigenvalue weighted by Crippen LogP contribution is -2.34. The van der Waals surface area contributed by atoms with Crippen molar-refractivity contribution >= 4 is 21.9 Å². The molecule has 0 aromatic carbocycles. The lowest BCUT2D eigenvalue weighted by Gasteiger charge is -2.09. The van der Waals surface area contributed by atoms with Crippen LogP contribution in [0.5, 0.6) is 0 Å². The Morgan fingerprint density at radius 2 is 2.15 bits per heavy atom. The van der Waals surface area contributed by atoms with Crippen molar-refractivity contribution in [3.05, 3.63) is 0 Å². The monoisotopic (exact) mass is 233 g/mol. The second-order valence-electron chi connectivity index (χ2n) is 2.24. The Morgan fingerprint density at radius 3 is 2.62 bits per heavy atom. The molecule has 0 heterocycles. The van der Waals surface area contributed by atoms with Crippen LogP contribution in [0, 0.1) is 0 Å². The van der Waals surface area contributed by atoms with Gasteiger partial charge in [0.1, 0.15) is 0 Å². The highest BCUT2D eigenvalue weighted by molar-refractivity contribution is 7.83. The fourth-order valence-electron chi connectivity index (χ4n) is 0.534. The number of ether oxygens (including phenoxy) is 1. The van der Waals surface area contributed by atoms with Gasteiger partial charge in [-0.3, -0.25) is 4.55 Å². The molecule has 3 N–H and O–H groups in total. The molecule has 0 aliphatic rings. The molecule has 0 spiro atoms. The predicted molar refractivity (Wildman–Crippen MR) is 47.1 cm³/mol. The summed E-state index contributed by atoms with van der Waals surface area (Å²) in [5.41, 5.74) is 0. The smallest absolute Gasteiger partial charge is 0.333 e. The van der Waals surface area contributed by atoms with E-state index in [2.05, 4.69) is 0 Å². The van der Waals surface area contributed by atoms with Crippen molar-refractivity contribution in [2.45, 2.75) is 6.10 Å². The highest BCUT2D eigenvalue weighted by Gasteiger charge is 2.08. The molecule has 0 saturated heterocycles. The van der Waals surface area contributed by atoms with Gasteiger partial charge in [-0.15, -0.1) is 11.6 Å². The maximum Gasteiger partial charge on any atom is 0.333 e. The normalized spacial score (nSPS) is 14.4. The third-order valence-corrected chi connectivity index (χ3v) is 1.72. The molecule has 0 saturated carbocycles. The number of nitrogens with one attached hydrogen (secondary N) is 1. The minimum atomic E-state index is -4.24. The lowest BCUT2D eigenvalue weighted by atomic mass is 10.4. The summed E-state index contributed by atoms with van der Waals surface area (Å²) in [4.78, 5) is 0. The number of aliphatic hydroxyl groups is 1. The molecule has 80 valence electrons. The molecule has 0 unspecified atom stereocenters. The van der Waals surface area contributed by atoms with E-state index in [0.29, 0.717) is 5.88 Å². The fourth-order valence-corrected chi connectivity index (χ4v) is 1.05. The fraction of sp³-hybridized carbons (Fsp3) is 1.00. The van der Waals surface area contributed by atoms with Crippen LogP contribution in [0.4, 0.5) is 0 Å². The summed E-state index contributed by atoms with van der Waals surface area (Å²) in [6.07, 6.45) is -0.995. The van der Waals surface area contributed by atoms with Crippen molar-refractivity contribution < 1.29 is 22.8 Å². The first-order valence-electron chi connectivity index (χ1n) is 3.49. The number of rotatable bonds is 7. The first kappa shape index (κ1) is 13.1. The highest BCUT2D eigenvalue weighted by Crippen LogP contribution is 1.86. The molecular formula is C5H12ClNO5S. The third kappa shape index (κ3) is 10.00. The van der Waals surface area contributed by atoms with Gasteiger partial charge < -0.3 is 9.84 Å². The van der Waals surface area contributed by atoms with Crippen LogP contribution >= 0.6 is 11.6 Å². The zero-order chi connectivity index (χ0) is 10.3. The average Bonchev–Trinajstić information content (AvgIpc) is 2.00. The summed E-state index contributed by atoms with van der Waals surface area (Å²) in [5.74, 6) is 0.304. The predicted octanol–water partition coefficient (Wildman–Crippen LogP) is -1.00. The van der Waals surface area contributed by atoms with Crippen molar-refractivity contribution in [2.75, 3.05) is 25.6 Å². The van der Waals surface area contributed by atoms with E-state index in [9.17, 15) is 8.42 Å². The molecule has 0 aliphatic heterocycles. The van der Waals surface area contributed by atoms with Crippen LogP contribution in [0.25, 0.3) is 0 Å². The molecule has 6 nitrogen and oxygen atoms in total. The van der Waals surface area contributed by atoms with Gasteiger partial charge in [0.25, 0.3) is 0 Å². The number of aliphatic hydroxyl groups excluding tert-OH is 1. The first-order chi connectivity index (χ1) is 5.95. The Hall–Kier alpha value is 0.0800. The summed E-state index contributed by atoms with van der Waals surface area (Å²) in [7, 11) is -4.24. The molecule has 1 atom stereocenters. The Balaban J connectivity index is 3.46. The van der Waals surface area contributed by atoms with Crippen molar-refractivity contribution in [3.63, 3.8) is 0 Å². The van der Waals surface area contributed by atoms with E-state index < -0.39 is 16.4 Å². The van der Waals surface area contributed by atoms with E-state index in [1.54, 1.807) is 4.72 Å². The standard InChI is InChI=1S/C5H12ClNO5S/c6-1-2-12-4-5(8)3-7-13(9,10)11/h5,7-8H,1-4H2,(H,9,10,11)/t5-/m0/s1. The minimum absolute atomic E-state index is 0.0325. The average molecular weight is 234 g/mol. The quantitative estimate of drug-likeness (QED) is 0.298. The molecule has 0 rings (SSSR count). The Bertz CT molecular complexity index is 219. The van der Waals surface area contributed by atoms with Gasteiger partial charge in [-0.2, -0.15) is 13.1 Å². The van der Waals surface area contributed by atoms with E-state index in [-0.39, 0.29) is 19.8 Å². The van der Waals surface area contributed by atoms with Gasteiger partial charge in [-0.05, 0) is 0 Å². The van der Waals surface area contributed by atoms with E-state index in [1.165, 1.54) is 0 Å². The molecule has 0 fully saturated rings. The molecule has 0 aromatic heterocycles. The van der Waals surface area contributed by atoms with E-state index in [0.717, 1.165) is 0 Å². The van der Waals surface area contributed by atoms with Crippen LogP contribution in [0.2, 0.25) is 0 Å². The van der Waals surface area contributed by atoms with Gasteiger partial charge in [-0.1, -0.05) is 0 Å². The second kappa shape index (κ2) is 6.52. The zero-order valence-corrected chi connectivity index (χ0v) is 8.38. The molecule has 0 aliphatic carbocycles. The van der Waals surface area contributed by atoms with Gasteiger partial charge in [0.2, 0.25) is 0 Å². The van der Waals surface area contributed by atoms with Crippen LogP contribution < -0.4 is 4.72 Å². The highest BCUT2D eigenvalue weighted by atomic mass is 35.5. The van der Waals surface area contributed by atoms with Gasteiger partial charge in [-0.25, -0.2) is 0 Å². The van der Waals surface area contributed by atoms with Crippen molar-refractivity contribution in [1.29, 1.82) is 0 Å². The van der Waals surface area contributed by atoms with E-state index >= 15 is 0 Å². The Morgan fingerprint density at radius 1 is 1.54 bits per heavy atom. The van der Waals surface area contributed by atoms with Crippen molar-refractivity contribution in [3.8, 4) is 0 Å². The van der Waals surface area contributed by atoms with Gasteiger partial charge in [0.15, 0.2) is 0 Å². The summed E-state index contributed by atoms with van der Waals surface area (Å²) in [6, 6.07) is 0. The SMILES string of the molecule is O=S(=O)(O)NC[C@H](O)COCCCl. The van der Waals surface area contributed by atoms with Crippen molar-refractivity contribution in [2.24, 2.45) is 0 Å². The van der Waals surface area contributed by atoms with Crippen molar-refractivity contribution in [1.82, 2.24) is 4.72 Å². The number of alkyl halides is 1. The van der Waals surface area contributed by atoms with Gasteiger partial charge in [0.05, 0.1) is 19.3 Å². The Kier molecular flexibility index (Phi) is 6.56. The lowest BCUT2D eigenvalue weighted by molar-refractivity contribution is 0.0461. The summed E-state index contributed by atoms with van der Waals surface area (Å²) < 4.78 is 35.0. The van der Waals surface area contributed by atoms with Gasteiger partial charge >= 0.3 is 10.3 Å². The van der Waals surface area contributed by atoms with Crippen LogP contribution in [-0.2, 0) is 15.0 Å². The molecule has 0 aromatic rings. The molecule has 8 heteroatoms. The molecule has 0 radical (unpaired) electrons. The molecule has 0 amide bonds. The number of hydrogen-bond donors (Lipinski definition) is 3. The molecule has 0 bridgehead atoms. The molecule has 13 heavy (non-hydrogen) atoms. The maximum absolute atomic E-state index is 10.1. The summed E-state index contributed by atoms with van der Waals surface area (Å²) >= 11 is 5.28. The second-order valence-corrected chi connectivity index (χ2v) is 3.86. The van der Waals surface area contributed by atoms with Gasteiger partial charge in [0, 0.05) is 12.4 Å². The molecular weight excluding hydrogens is 222 g/mol. The summed E-state index contributed by atoms with van der Waals surface area (Å²) in [5, 5.41) is 9.03. The van der Waals surface area contributed by atoms with Crippen LogP contribution in [0.15, 0.2) is 0 Å².